The highest BCUT2D eigenvalue weighted by Gasteiger charge is 2.32. The minimum atomic E-state index is -1.04. The number of anilines is 2. The van der Waals surface area contributed by atoms with Crippen LogP contribution in [0.1, 0.15) is 82.7 Å². The van der Waals surface area contributed by atoms with Crippen LogP contribution in [-0.2, 0) is 11.3 Å². The SMILES string of the molecule is CC(C)c1cnn2c(N(Cc3nc4cc(C5CC5)ccn4n3)C(=O)OC(C)(C)C)cc(NCC3CCN(C(=O)O)CC3O)nc12. The molecular formula is C31H41N9O5. The molecule has 1 saturated heterocycles. The Morgan fingerprint density at radius 3 is 2.62 bits per heavy atom. The molecule has 4 aromatic rings. The lowest BCUT2D eigenvalue weighted by molar-refractivity contribution is 0.0294. The lowest BCUT2D eigenvalue weighted by Crippen LogP contribution is -2.47. The van der Waals surface area contributed by atoms with Crippen molar-refractivity contribution in [3.05, 3.63) is 47.5 Å². The number of aromatic nitrogens is 6. The summed E-state index contributed by atoms with van der Waals surface area (Å²) in [6.07, 6.45) is 4.09. The first-order valence-electron chi connectivity index (χ1n) is 15.5. The Morgan fingerprint density at radius 1 is 1.18 bits per heavy atom. The number of nitrogens with zero attached hydrogens (tertiary/aromatic N) is 8. The fourth-order valence-corrected chi connectivity index (χ4v) is 5.66. The number of piperidine rings is 1. The van der Waals surface area contributed by atoms with Crippen LogP contribution < -0.4 is 10.2 Å². The molecule has 14 nitrogen and oxygen atoms in total. The Hall–Kier alpha value is -4.46. The maximum Gasteiger partial charge on any atom is 0.416 e. The molecule has 45 heavy (non-hydrogen) atoms. The molecule has 0 radical (unpaired) electrons. The van der Waals surface area contributed by atoms with Crippen LogP contribution in [0, 0.1) is 5.92 Å². The van der Waals surface area contributed by atoms with Crippen LogP contribution in [0.2, 0.25) is 0 Å². The molecular weight excluding hydrogens is 578 g/mol. The van der Waals surface area contributed by atoms with E-state index in [1.54, 1.807) is 21.3 Å². The number of carbonyl (C=O) groups excluding carboxylic acids is 1. The highest BCUT2D eigenvalue weighted by Crippen LogP contribution is 2.40. The van der Waals surface area contributed by atoms with Gasteiger partial charge in [-0.1, -0.05) is 13.8 Å². The van der Waals surface area contributed by atoms with Crippen LogP contribution in [0.4, 0.5) is 21.2 Å². The fraction of sp³-hybridized carbons (Fsp3) is 0.548. The summed E-state index contributed by atoms with van der Waals surface area (Å²) in [6, 6.07) is 5.85. The van der Waals surface area contributed by atoms with Crippen molar-refractivity contribution in [1.29, 1.82) is 0 Å². The normalized spacial score (nSPS) is 19.0. The van der Waals surface area contributed by atoms with E-state index in [9.17, 15) is 19.8 Å². The number of amides is 2. The van der Waals surface area contributed by atoms with Crippen molar-refractivity contribution >= 4 is 35.1 Å². The third-order valence-corrected chi connectivity index (χ3v) is 8.28. The van der Waals surface area contributed by atoms with Crippen LogP contribution in [0.25, 0.3) is 11.3 Å². The zero-order valence-electron chi connectivity index (χ0n) is 26.3. The lowest BCUT2D eigenvalue weighted by atomic mass is 9.94. The molecule has 0 bridgehead atoms. The molecule has 5 heterocycles. The summed E-state index contributed by atoms with van der Waals surface area (Å²) >= 11 is 0. The minimum absolute atomic E-state index is 0.0249. The van der Waals surface area contributed by atoms with Crippen molar-refractivity contribution in [3.63, 3.8) is 0 Å². The van der Waals surface area contributed by atoms with E-state index in [0.29, 0.717) is 48.5 Å². The number of likely N-dealkylation sites (tertiary alicyclic amines) is 1. The first-order chi connectivity index (χ1) is 21.4. The standard InChI is InChI=1S/C31H41N9O5/c1-18(2)22-15-33-40-27(13-24(35-28(22)40)32-14-21-8-10-37(29(42)43)16-23(21)41)38(30(44)45-31(3,4)5)17-25-34-26-12-20(19-6-7-19)9-11-39(26)36-25/h9,11-13,15,18-19,21,23,41H,6-8,10,14,16-17H2,1-5H3,(H,32,35)(H,42,43). The number of aliphatic hydroxyl groups excluding tert-OH is 1. The topological polar surface area (TPSA) is 163 Å². The summed E-state index contributed by atoms with van der Waals surface area (Å²) in [5.74, 6) is 1.85. The highest BCUT2D eigenvalue weighted by atomic mass is 16.6. The number of carboxylic acid groups (broad SMARTS) is 1. The molecule has 2 unspecified atom stereocenters. The molecule has 14 heteroatoms. The summed E-state index contributed by atoms with van der Waals surface area (Å²) in [4.78, 5) is 37.5. The van der Waals surface area contributed by atoms with Crippen LogP contribution in [0.3, 0.4) is 0 Å². The number of nitrogens with one attached hydrogen (secondary N) is 1. The Labute approximate surface area is 261 Å². The summed E-state index contributed by atoms with van der Waals surface area (Å²) in [7, 11) is 0. The number of pyridine rings is 1. The second-order valence-corrected chi connectivity index (χ2v) is 13.3. The van der Waals surface area contributed by atoms with Gasteiger partial charge in [0.05, 0.1) is 25.4 Å². The predicted molar refractivity (Wildman–Crippen MR) is 167 cm³/mol. The van der Waals surface area contributed by atoms with E-state index in [2.05, 4.69) is 27.6 Å². The smallest absolute Gasteiger partial charge is 0.416 e. The summed E-state index contributed by atoms with van der Waals surface area (Å²) in [5, 5.41) is 32.6. The maximum absolute atomic E-state index is 13.8. The third kappa shape index (κ3) is 6.65. The molecule has 2 atom stereocenters. The number of hydrogen-bond acceptors (Lipinski definition) is 9. The number of ether oxygens (including phenoxy) is 1. The number of β-amino-alcohol motifs (C(OH)–C–C–N with tert-alkyl or cyclic N) is 1. The molecule has 1 saturated carbocycles. The zero-order valence-corrected chi connectivity index (χ0v) is 26.3. The Balaban J connectivity index is 1.35. The summed E-state index contributed by atoms with van der Waals surface area (Å²) < 4.78 is 9.21. The van der Waals surface area contributed by atoms with E-state index in [1.165, 1.54) is 28.2 Å². The molecule has 2 amide bonds. The summed E-state index contributed by atoms with van der Waals surface area (Å²) in [6.45, 7) is 10.3. The van der Waals surface area contributed by atoms with Gasteiger partial charge in [-0.15, -0.1) is 5.10 Å². The Morgan fingerprint density at radius 2 is 1.96 bits per heavy atom. The van der Waals surface area contributed by atoms with Gasteiger partial charge in [0.1, 0.15) is 17.2 Å². The largest absolute Gasteiger partial charge is 0.465 e. The van der Waals surface area contributed by atoms with Crippen LogP contribution in [0.5, 0.6) is 0 Å². The second kappa shape index (κ2) is 11.8. The molecule has 0 spiro atoms. The van der Waals surface area contributed by atoms with Gasteiger partial charge < -0.3 is 25.2 Å². The summed E-state index contributed by atoms with van der Waals surface area (Å²) in [5.41, 5.74) is 2.68. The van der Waals surface area contributed by atoms with Gasteiger partial charge in [0.15, 0.2) is 17.1 Å². The molecule has 4 aromatic heterocycles. The van der Waals surface area contributed by atoms with Crippen molar-refractivity contribution in [3.8, 4) is 0 Å². The van der Waals surface area contributed by atoms with E-state index in [0.717, 1.165) is 11.2 Å². The molecule has 2 fully saturated rings. The average Bonchev–Trinajstić information content (AvgIpc) is 3.60. The van der Waals surface area contributed by atoms with E-state index >= 15 is 0 Å². The number of fused-ring (bicyclic) bond motifs is 2. The van der Waals surface area contributed by atoms with E-state index in [-0.39, 0.29) is 24.9 Å². The Kier molecular flexibility index (Phi) is 8.02. The molecule has 6 rings (SSSR count). The number of carbonyl (C=O) groups is 2. The van der Waals surface area contributed by atoms with Crippen molar-refractivity contribution < 1.29 is 24.5 Å². The first kappa shape index (κ1) is 30.6. The lowest BCUT2D eigenvalue weighted by Gasteiger charge is -2.34. The number of rotatable bonds is 8. The predicted octanol–water partition coefficient (Wildman–Crippen LogP) is 4.49. The number of hydrogen-bond donors (Lipinski definition) is 3. The van der Waals surface area contributed by atoms with Gasteiger partial charge in [-0.25, -0.2) is 24.1 Å². The van der Waals surface area contributed by atoms with Crippen LogP contribution in [-0.4, -0.2) is 87.8 Å². The molecule has 3 N–H and O–H groups in total. The van der Waals surface area contributed by atoms with Crippen molar-refractivity contribution in [2.45, 2.75) is 84.0 Å². The molecule has 240 valence electrons. The van der Waals surface area contributed by atoms with Crippen molar-refractivity contribution in [2.75, 3.05) is 29.9 Å². The van der Waals surface area contributed by atoms with Gasteiger partial charge in [0.25, 0.3) is 0 Å². The second-order valence-electron chi connectivity index (χ2n) is 13.3. The average molecular weight is 620 g/mol. The van der Waals surface area contributed by atoms with Gasteiger partial charge in [-0.3, -0.25) is 4.90 Å². The van der Waals surface area contributed by atoms with Gasteiger partial charge in [0, 0.05) is 36.8 Å². The van der Waals surface area contributed by atoms with Crippen molar-refractivity contribution in [2.24, 2.45) is 5.92 Å². The van der Waals surface area contributed by atoms with Crippen molar-refractivity contribution in [1.82, 2.24) is 34.1 Å². The fourth-order valence-electron chi connectivity index (χ4n) is 5.66. The quantitative estimate of drug-likeness (QED) is 0.256. The van der Waals surface area contributed by atoms with E-state index < -0.39 is 23.9 Å². The zero-order chi connectivity index (χ0) is 32.0. The molecule has 2 aliphatic rings. The minimum Gasteiger partial charge on any atom is -0.465 e. The van der Waals surface area contributed by atoms with Gasteiger partial charge >= 0.3 is 12.2 Å². The van der Waals surface area contributed by atoms with E-state index in [1.807, 2.05) is 40.8 Å². The third-order valence-electron chi connectivity index (χ3n) is 8.28. The molecule has 0 aromatic carbocycles. The van der Waals surface area contributed by atoms with Gasteiger partial charge in [0.2, 0.25) is 0 Å². The maximum atomic E-state index is 13.8. The van der Waals surface area contributed by atoms with Gasteiger partial charge in [-0.05, 0) is 69.6 Å². The van der Waals surface area contributed by atoms with E-state index in [4.69, 9.17) is 14.7 Å². The Bertz CT molecular complexity index is 1720. The first-order valence-corrected chi connectivity index (χ1v) is 15.5. The van der Waals surface area contributed by atoms with Crippen LogP contribution >= 0.6 is 0 Å². The highest BCUT2D eigenvalue weighted by molar-refractivity contribution is 5.88. The number of aliphatic hydroxyl groups is 1. The monoisotopic (exact) mass is 619 g/mol. The van der Waals surface area contributed by atoms with Gasteiger partial charge in [-0.2, -0.15) is 9.61 Å². The molecule has 1 aliphatic carbocycles. The molecule has 1 aliphatic heterocycles. The van der Waals surface area contributed by atoms with Crippen LogP contribution in [0.15, 0.2) is 30.6 Å².